The van der Waals surface area contributed by atoms with E-state index in [0.717, 1.165) is 49.7 Å². The van der Waals surface area contributed by atoms with Gasteiger partial charge in [0, 0.05) is 38.2 Å². The fourth-order valence-corrected chi connectivity index (χ4v) is 2.36. The summed E-state index contributed by atoms with van der Waals surface area (Å²) in [5.41, 5.74) is 1.13. The third kappa shape index (κ3) is 8.87. The highest BCUT2D eigenvalue weighted by Crippen LogP contribution is 2.10. The Morgan fingerprint density at radius 1 is 1.26 bits per heavy atom. The van der Waals surface area contributed by atoms with E-state index < -0.39 is 0 Å². The normalized spacial score (nSPS) is 11.4. The van der Waals surface area contributed by atoms with E-state index in [1.54, 1.807) is 12.3 Å². The quantitative estimate of drug-likeness (QED) is 0.178. The molecular formula is C18H28ClIN6O. The Morgan fingerprint density at radius 2 is 2.07 bits per heavy atom. The molecule has 2 N–H and O–H groups in total. The van der Waals surface area contributed by atoms with Crippen LogP contribution < -0.4 is 10.6 Å². The lowest BCUT2D eigenvalue weighted by molar-refractivity contribution is 0.369. The molecule has 2 heterocycles. The average molecular weight is 507 g/mol. The molecule has 2 aromatic rings. The van der Waals surface area contributed by atoms with Gasteiger partial charge >= 0.3 is 0 Å². The maximum absolute atomic E-state index is 5.80. The molecule has 0 unspecified atom stereocenters. The second-order valence-corrected chi connectivity index (χ2v) is 6.62. The van der Waals surface area contributed by atoms with Crippen LogP contribution >= 0.6 is 35.6 Å². The van der Waals surface area contributed by atoms with Crippen LogP contribution in [-0.2, 0) is 12.8 Å². The molecular weight excluding hydrogens is 479 g/mol. The van der Waals surface area contributed by atoms with Gasteiger partial charge in [0.1, 0.15) is 5.15 Å². The summed E-state index contributed by atoms with van der Waals surface area (Å²) >= 11 is 5.80. The molecule has 0 amide bonds. The van der Waals surface area contributed by atoms with Gasteiger partial charge in [-0.15, -0.1) is 24.0 Å². The molecule has 9 heteroatoms. The molecule has 0 aliphatic rings. The Hall–Kier alpha value is -1.42. The van der Waals surface area contributed by atoms with Gasteiger partial charge in [0.2, 0.25) is 5.89 Å². The number of aryl methyl sites for hydroxylation is 1. The number of nitrogens with one attached hydrogen (secondary N) is 2. The third-order valence-corrected chi connectivity index (χ3v) is 3.88. The minimum Gasteiger partial charge on any atom is -0.357 e. The van der Waals surface area contributed by atoms with Gasteiger partial charge in [-0.25, -0.2) is 4.98 Å². The summed E-state index contributed by atoms with van der Waals surface area (Å²) in [6.45, 7) is 8.43. The molecule has 0 aliphatic carbocycles. The summed E-state index contributed by atoms with van der Waals surface area (Å²) in [6, 6.07) is 3.79. The third-order valence-electron chi connectivity index (χ3n) is 3.66. The zero-order chi connectivity index (χ0) is 18.8. The lowest BCUT2D eigenvalue weighted by atomic mass is 10.2. The Balaban J connectivity index is 0.00000364. The highest BCUT2D eigenvalue weighted by atomic mass is 127. The van der Waals surface area contributed by atoms with Gasteiger partial charge in [0.25, 0.3) is 0 Å². The van der Waals surface area contributed by atoms with Crippen molar-refractivity contribution in [1.29, 1.82) is 0 Å². The fraction of sp³-hybridized carbons (Fsp3) is 0.556. The van der Waals surface area contributed by atoms with Crippen LogP contribution in [0.3, 0.4) is 0 Å². The van der Waals surface area contributed by atoms with E-state index in [2.05, 4.69) is 30.8 Å². The van der Waals surface area contributed by atoms with Crippen molar-refractivity contribution < 1.29 is 4.52 Å². The Morgan fingerprint density at radius 3 is 2.70 bits per heavy atom. The predicted molar refractivity (Wildman–Crippen MR) is 119 cm³/mol. The van der Waals surface area contributed by atoms with Gasteiger partial charge in [0.15, 0.2) is 11.8 Å². The molecule has 0 bridgehead atoms. The molecule has 0 saturated heterocycles. The second-order valence-electron chi connectivity index (χ2n) is 6.23. The number of pyridine rings is 1. The number of halogens is 2. The van der Waals surface area contributed by atoms with Crippen molar-refractivity contribution in [2.45, 2.75) is 46.0 Å². The second kappa shape index (κ2) is 12.9. The van der Waals surface area contributed by atoms with E-state index in [1.807, 2.05) is 26.8 Å². The van der Waals surface area contributed by atoms with Crippen molar-refractivity contribution in [2.75, 3.05) is 19.6 Å². The molecule has 7 nitrogen and oxygen atoms in total. The number of aliphatic imine (C=N–C) groups is 1. The van der Waals surface area contributed by atoms with Crippen LogP contribution in [0.4, 0.5) is 0 Å². The molecule has 0 saturated carbocycles. The first-order valence-electron chi connectivity index (χ1n) is 9.03. The lowest BCUT2D eigenvalue weighted by Gasteiger charge is -2.11. The number of aromatic nitrogens is 3. The van der Waals surface area contributed by atoms with E-state index in [9.17, 15) is 0 Å². The van der Waals surface area contributed by atoms with Crippen molar-refractivity contribution in [3.8, 4) is 0 Å². The molecule has 0 radical (unpaired) electrons. The Kier molecular flexibility index (Phi) is 11.3. The van der Waals surface area contributed by atoms with Crippen LogP contribution in [0, 0.1) is 0 Å². The highest BCUT2D eigenvalue weighted by Gasteiger charge is 2.09. The minimum atomic E-state index is 0. The van der Waals surface area contributed by atoms with E-state index >= 15 is 0 Å². The Labute approximate surface area is 182 Å². The zero-order valence-corrected chi connectivity index (χ0v) is 19.1. The Bertz CT molecular complexity index is 689. The molecule has 27 heavy (non-hydrogen) atoms. The van der Waals surface area contributed by atoms with Crippen LogP contribution in [0.5, 0.6) is 0 Å². The van der Waals surface area contributed by atoms with E-state index in [4.69, 9.17) is 16.1 Å². The lowest BCUT2D eigenvalue weighted by Crippen LogP contribution is -2.38. The van der Waals surface area contributed by atoms with Crippen molar-refractivity contribution >= 4 is 41.5 Å². The maximum atomic E-state index is 5.80. The molecule has 0 fully saturated rings. The maximum Gasteiger partial charge on any atom is 0.226 e. The number of nitrogens with zero attached hydrogens (tertiary/aromatic N) is 4. The number of hydrogen-bond donors (Lipinski definition) is 2. The van der Waals surface area contributed by atoms with Gasteiger partial charge in [0.05, 0.1) is 0 Å². The number of rotatable bonds is 9. The van der Waals surface area contributed by atoms with Crippen LogP contribution in [0.2, 0.25) is 5.15 Å². The smallest absolute Gasteiger partial charge is 0.226 e. The summed E-state index contributed by atoms with van der Waals surface area (Å²) in [5, 5.41) is 11.1. The SMILES string of the molecule is CCNC(=NCCCc1nc(C(C)C)no1)NCCc1ccc(Cl)nc1.I. The van der Waals surface area contributed by atoms with E-state index in [-0.39, 0.29) is 29.9 Å². The molecule has 0 atom stereocenters. The fourth-order valence-electron chi connectivity index (χ4n) is 2.25. The van der Waals surface area contributed by atoms with Crippen LogP contribution in [-0.4, -0.2) is 40.7 Å². The first-order valence-corrected chi connectivity index (χ1v) is 9.41. The molecule has 150 valence electrons. The van der Waals surface area contributed by atoms with Crippen molar-refractivity contribution in [2.24, 2.45) is 4.99 Å². The number of guanidine groups is 1. The van der Waals surface area contributed by atoms with E-state index in [0.29, 0.717) is 17.6 Å². The van der Waals surface area contributed by atoms with Crippen molar-refractivity contribution in [3.05, 3.63) is 40.8 Å². The van der Waals surface area contributed by atoms with E-state index in [1.165, 1.54) is 0 Å². The molecule has 2 rings (SSSR count). The largest absolute Gasteiger partial charge is 0.357 e. The average Bonchev–Trinajstić information content (AvgIpc) is 3.09. The van der Waals surface area contributed by atoms with Gasteiger partial charge in [-0.1, -0.05) is 36.7 Å². The minimum absolute atomic E-state index is 0. The molecule has 0 spiro atoms. The van der Waals surface area contributed by atoms with Crippen molar-refractivity contribution in [3.63, 3.8) is 0 Å². The molecule has 0 aliphatic heterocycles. The number of hydrogen-bond acceptors (Lipinski definition) is 5. The van der Waals surface area contributed by atoms with Crippen LogP contribution in [0.1, 0.15) is 50.4 Å². The van der Waals surface area contributed by atoms with Crippen LogP contribution in [0.25, 0.3) is 0 Å². The first-order chi connectivity index (χ1) is 12.6. The van der Waals surface area contributed by atoms with Crippen LogP contribution in [0.15, 0.2) is 27.8 Å². The predicted octanol–water partition coefficient (Wildman–Crippen LogP) is 3.59. The molecule has 0 aromatic carbocycles. The molecule has 2 aromatic heterocycles. The summed E-state index contributed by atoms with van der Waals surface area (Å²) in [4.78, 5) is 13.0. The van der Waals surface area contributed by atoms with Gasteiger partial charge < -0.3 is 15.2 Å². The van der Waals surface area contributed by atoms with Gasteiger partial charge in [-0.3, -0.25) is 4.99 Å². The monoisotopic (exact) mass is 506 g/mol. The summed E-state index contributed by atoms with van der Waals surface area (Å²) < 4.78 is 5.25. The zero-order valence-electron chi connectivity index (χ0n) is 16.0. The van der Waals surface area contributed by atoms with Gasteiger partial charge in [-0.2, -0.15) is 4.98 Å². The highest BCUT2D eigenvalue weighted by molar-refractivity contribution is 14.0. The summed E-state index contributed by atoms with van der Waals surface area (Å²) in [6.07, 6.45) is 4.24. The summed E-state index contributed by atoms with van der Waals surface area (Å²) in [5.74, 6) is 2.53. The topological polar surface area (TPSA) is 88.2 Å². The first kappa shape index (κ1) is 23.6. The van der Waals surface area contributed by atoms with Gasteiger partial charge in [-0.05, 0) is 31.4 Å². The van der Waals surface area contributed by atoms with Crippen molar-refractivity contribution in [1.82, 2.24) is 25.8 Å². The standard InChI is InChI=1S/C18H27ClN6O.HI/c1-4-20-18(22-11-9-14-7-8-15(19)23-12-14)21-10-5-6-16-24-17(13(2)3)25-26-16;/h7-8,12-13H,4-6,9-11H2,1-3H3,(H2,20,21,22);1H. The summed E-state index contributed by atoms with van der Waals surface area (Å²) in [7, 11) is 0.